The predicted molar refractivity (Wildman–Crippen MR) is 125 cm³/mol. The third kappa shape index (κ3) is 3.80. The number of ether oxygens (including phenoxy) is 1. The lowest BCUT2D eigenvalue weighted by atomic mass is 9.68. The highest BCUT2D eigenvalue weighted by molar-refractivity contribution is 6.07. The zero-order chi connectivity index (χ0) is 21.3. The lowest BCUT2D eigenvalue weighted by molar-refractivity contribution is -0.121. The highest BCUT2D eigenvalue weighted by Gasteiger charge is 2.48. The Morgan fingerprint density at radius 3 is 2.61 bits per heavy atom. The van der Waals surface area contributed by atoms with Crippen LogP contribution in [0, 0.1) is 0 Å². The molecular weight excluding hydrogens is 386 g/mol. The Kier molecular flexibility index (Phi) is 5.61. The van der Waals surface area contributed by atoms with Gasteiger partial charge in [0.2, 0.25) is 5.91 Å². The quantitative estimate of drug-likeness (QED) is 0.683. The Morgan fingerprint density at radius 1 is 1.03 bits per heavy atom. The van der Waals surface area contributed by atoms with Gasteiger partial charge in [0.05, 0.1) is 12.5 Å². The van der Waals surface area contributed by atoms with Crippen LogP contribution >= 0.6 is 0 Å². The molecule has 0 saturated carbocycles. The second-order valence-electron chi connectivity index (χ2n) is 9.21. The molecule has 31 heavy (non-hydrogen) atoms. The van der Waals surface area contributed by atoms with E-state index in [0.717, 1.165) is 82.7 Å². The minimum atomic E-state index is -0.267. The Morgan fingerprint density at radius 2 is 1.84 bits per heavy atom. The first kappa shape index (κ1) is 20.4. The van der Waals surface area contributed by atoms with Gasteiger partial charge in [0, 0.05) is 37.6 Å². The van der Waals surface area contributed by atoms with Gasteiger partial charge in [-0.1, -0.05) is 18.6 Å². The van der Waals surface area contributed by atoms with Gasteiger partial charge in [-0.2, -0.15) is 0 Å². The van der Waals surface area contributed by atoms with Crippen LogP contribution in [0.1, 0.15) is 43.2 Å². The van der Waals surface area contributed by atoms with Crippen molar-refractivity contribution in [3.63, 3.8) is 0 Å². The van der Waals surface area contributed by atoms with Crippen LogP contribution in [0.4, 0.5) is 11.4 Å². The number of carbonyl (C=O) groups excluding carboxylic acids is 1. The molecular formula is C26H33N3O2. The Hall–Kier alpha value is -2.53. The Balaban J connectivity index is 1.12. The molecule has 2 aromatic rings. The predicted octanol–water partition coefficient (Wildman–Crippen LogP) is 4.21. The fraction of sp³-hybridized carbons (Fsp3) is 0.500. The monoisotopic (exact) mass is 419 g/mol. The molecule has 5 rings (SSSR count). The van der Waals surface area contributed by atoms with Crippen LogP contribution in [0.5, 0.6) is 5.75 Å². The number of unbranched alkanes of at least 4 members (excludes halogenated alkanes) is 1. The molecule has 1 N–H and O–H groups in total. The van der Waals surface area contributed by atoms with Crippen molar-refractivity contribution in [1.82, 2.24) is 4.90 Å². The fourth-order valence-corrected chi connectivity index (χ4v) is 5.80. The number of rotatable bonds is 7. The lowest BCUT2D eigenvalue weighted by Crippen LogP contribution is -2.46. The van der Waals surface area contributed by atoms with Gasteiger partial charge in [-0.25, -0.2) is 0 Å². The Labute approximate surface area is 185 Å². The van der Waals surface area contributed by atoms with Crippen LogP contribution in [0.15, 0.2) is 42.5 Å². The van der Waals surface area contributed by atoms with E-state index in [4.69, 9.17) is 4.74 Å². The molecule has 1 saturated heterocycles. The number of nitrogens with one attached hydrogen (secondary N) is 1. The van der Waals surface area contributed by atoms with E-state index in [1.807, 2.05) is 12.1 Å². The largest absolute Gasteiger partial charge is 0.497 e. The van der Waals surface area contributed by atoms with Gasteiger partial charge in [0.1, 0.15) is 5.75 Å². The van der Waals surface area contributed by atoms with Crippen LogP contribution in [0.25, 0.3) is 0 Å². The average molecular weight is 420 g/mol. The first-order chi connectivity index (χ1) is 15.2. The van der Waals surface area contributed by atoms with Gasteiger partial charge >= 0.3 is 0 Å². The molecule has 1 fully saturated rings. The molecule has 2 aromatic carbocycles. The topological polar surface area (TPSA) is 44.8 Å². The van der Waals surface area contributed by atoms with E-state index in [2.05, 4.69) is 45.4 Å². The summed E-state index contributed by atoms with van der Waals surface area (Å²) < 4.78 is 5.27. The smallest absolute Gasteiger partial charge is 0.235 e. The maximum absolute atomic E-state index is 12.9. The molecule has 3 aliphatic rings. The van der Waals surface area contributed by atoms with Crippen LogP contribution < -0.4 is 15.0 Å². The number of benzene rings is 2. The zero-order valence-electron chi connectivity index (χ0n) is 18.5. The molecule has 0 bridgehead atoms. The number of hydrogen-bond donors (Lipinski definition) is 1. The standard InChI is InChI=1S/C26H33N3O2/c1-31-22-11-9-21(10-12-22)29-18-16-28(17-19-29)15-3-2-13-26-14-5-7-20-6-4-8-23(24(20)26)27-25(26)30/h4,6,8-12H,2-3,5,7,13-19H2,1H3,(H,27,30). The lowest BCUT2D eigenvalue weighted by Gasteiger charge is -2.36. The number of anilines is 2. The minimum Gasteiger partial charge on any atom is -0.497 e. The molecule has 1 atom stereocenters. The first-order valence-corrected chi connectivity index (χ1v) is 11.7. The highest BCUT2D eigenvalue weighted by atomic mass is 16.5. The van der Waals surface area contributed by atoms with Crippen molar-refractivity contribution >= 4 is 17.3 Å². The number of nitrogens with zero attached hydrogens (tertiary/aromatic N) is 2. The number of methoxy groups -OCH3 is 1. The fourth-order valence-electron chi connectivity index (χ4n) is 5.80. The van der Waals surface area contributed by atoms with Crippen LogP contribution in [-0.4, -0.2) is 50.6 Å². The molecule has 5 heteroatoms. The SMILES string of the molecule is COc1ccc(N2CCN(CCCCC34CCCc5cccc(c53)NC4=O)CC2)cc1. The van der Waals surface area contributed by atoms with Crippen molar-refractivity contribution < 1.29 is 9.53 Å². The molecule has 0 radical (unpaired) electrons. The average Bonchev–Trinajstić information content (AvgIpc) is 3.10. The molecule has 5 nitrogen and oxygen atoms in total. The van der Waals surface area contributed by atoms with Crippen molar-refractivity contribution in [2.45, 2.75) is 43.9 Å². The zero-order valence-corrected chi connectivity index (χ0v) is 18.5. The Bertz CT molecular complexity index is 934. The first-order valence-electron chi connectivity index (χ1n) is 11.7. The molecule has 0 spiro atoms. The summed E-state index contributed by atoms with van der Waals surface area (Å²) in [6.45, 7) is 5.46. The van der Waals surface area contributed by atoms with E-state index in [1.165, 1.54) is 16.8 Å². The number of hydrogen-bond acceptors (Lipinski definition) is 4. The molecule has 2 heterocycles. The van der Waals surface area contributed by atoms with Crippen molar-refractivity contribution in [3.8, 4) is 5.75 Å². The van der Waals surface area contributed by atoms with Crippen LogP contribution in [-0.2, 0) is 16.6 Å². The third-order valence-electron chi connectivity index (χ3n) is 7.50. The normalized spacial score (nSPS) is 22.9. The maximum Gasteiger partial charge on any atom is 0.235 e. The van der Waals surface area contributed by atoms with Crippen LogP contribution in [0.3, 0.4) is 0 Å². The molecule has 1 unspecified atom stereocenters. The van der Waals surface area contributed by atoms with Gasteiger partial charge in [-0.05, 0) is 80.1 Å². The number of aryl methyl sites for hydroxylation is 1. The van der Waals surface area contributed by atoms with Gasteiger partial charge in [0.25, 0.3) is 0 Å². The van der Waals surface area contributed by atoms with Crippen molar-refractivity contribution in [1.29, 1.82) is 0 Å². The summed E-state index contributed by atoms with van der Waals surface area (Å²) in [6, 6.07) is 14.8. The molecule has 1 aliphatic carbocycles. The van der Waals surface area contributed by atoms with E-state index in [1.54, 1.807) is 7.11 Å². The van der Waals surface area contributed by atoms with Crippen molar-refractivity contribution in [2.75, 3.05) is 50.1 Å². The minimum absolute atomic E-state index is 0.239. The van der Waals surface area contributed by atoms with Gasteiger partial charge in [0.15, 0.2) is 0 Å². The van der Waals surface area contributed by atoms with Gasteiger partial charge in [-0.15, -0.1) is 0 Å². The highest BCUT2D eigenvalue weighted by Crippen LogP contribution is 2.49. The summed E-state index contributed by atoms with van der Waals surface area (Å²) in [5.41, 5.74) is 4.78. The van der Waals surface area contributed by atoms with E-state index >= 15 is 0 Å². The molecule has 164 valence electrons. The summed E-state index contributed by atoms with van der Waals surface area (Å²) in [5.74, 6) is 1.15. The van der Waals surface area contributed by atoms with Crippen LogP contribution in [0.2, 0.25) is 0 Å². The maximum atomic E-state index is 12.9. The van der Waals surface area contributed by atoms with E-state index in [-0.39, 0.29) is 11.3 Å². The summed E-state index contributed by atoms with van der Waals surface area (Å²) >= 11 is 0. The van der Waals surface area contributed by atoms with E-state index in [0.29, 0.717) is 0 Å². The van der Waals surface area contributed by atoms with Gasteiger partial charge < -0.3 is 15.0 Å². The number of carbonyl (C=O) groups is 1. The summed E-state index contributed by atoms with van der Waals surface area (Å²) in [4.78, 5) is 18.0. The summed E-state index contributed by atoms with van der Waals surface area (Å²) in [5, 5.41) is 3.18. The summed E-state index contributed by atoms with van der Waals surface area (Å²) in [6.07, 6.45) is 6.49. The molecule has 0 aromatic heterocycles. The second-order valence-corrected chi connectivity index (χ2v) is 9.21. The van der Waals surface area contributed by atoms with Gasteiger partial charge in [-0.3, -0.25) is 9.69 Å². The third-order valence-corrected chi connectivity index (χ3v) is 7.50. The number of amides is 1. The summed E-state index contributed by atoms with van der Waals surface area (Å²) in [7, 11) is 1.71. The molecule has 1 amide bonds. The van der Waals surface area contributed by atoms with E-state index in [9.17, 15) is 4.79 Å². The number of piperazine rings is 1. The van der Waals surface area contributed by atoms with Crippen molar-refractivity contribution in [3.05, 3.63) is 53.6 Å². The van der Waals surface area contributed by atoms with E-state index < -0.39 is 0 Å². The molecule has 2 aliphatic heterocycles. The van der Waals surface area contributed by atoms with Crippen molar-refractivity contribution in [2.24, 2.45) is 0 Å². The second kappa shape index (κ2) is 8.54.